The van der Waals surface area contributed by atoms with Crippen molar-refractivity contribution in [2.45, 2.75) is 6.04 Å². The SMILES string of the molecule is COC(=O)[C@H](CO)n1cc(-c2ccc3ccc4cccc5ccc2c3c45)nn1. The number of ether oxygens (including phenoxy) is 1. The highest BCUT2D eigenvalue weighted by Gasteiger charge is 2.23. The molecule has 6 nitrogen and oxygen atoms in total. The van der Waals surface area contributed by atoms with Gasteiger partial charge in [0.1, 0.15) is 5.69 Å². The minimum Gasteiger partial charge on any atom is -0.467 e. The molecule has 6 heteroatoms. The maximum Gasteiger partial charge on any atom is 0.333 e. The zero-order valence-corrected chi connectivity index (χ0v) is 15.2. The van der Waals surface area contributed by atoms with Crippen LogP contribution in [0.4, 0.5) is 0 Å². The summed E-state index contributed by atoms with van der Waals surface area (Å²) < 4.78 is 6.08. The first-order chi connectivity index (χ1) is 13.7. The number of aliphatic hydroxyl groups excluding tert-OH is 1. The Morgan fingerprint density at radius 1 is 1.04 bits per heavy atom. The van der Waals surface area contributed by atoms with Gasteiger partial charge in [-0.05, 0) is 32.3 Å². The number of benzene rings is 4. The molecule has 1 heterocycles. The molecule has 0 aliphatic rings. The zero-order valence-electron chi connectivity index (χ0n) is 15.2. The molecule has 0 unspecified atom stereocenters. The van der Waals surface area contributed by atoms with Crippen LogP contribution < -0.4 is 0 Å². The Labute approximate surface area is 160 Å². The summed E-state index contributed by atoms with van der Waals surface area (Å²) in [6.45, 7) is -0.409. The molecule has 5 rings (SSSR count). The molecular formula is C22H17N3O3. The highest BCUT2D eigenvalue weighted by Crippen LogP contribution is 2.38. The van der Waals surface area contributed by atoms with Crippen molar-refractivity contribution in [3.8, 4) is 11.3 Å². The van der Waals surface area contributed by atoms with Gasteiger partial charge >= 0.3 is 5.97 Å². The van der Waals surface area contributed by atoms with E-state index < -0.39 is 18.6 Å². The van der Waals surface area contributed by atoms with Crippen LogP contribution in [0.2, 0.25) is 0 Å². The quantitative estimate of drug-likeness (QED) is 0.386. The van der Waals surface area contributed by atoms with Crippen LogP contribution in [0.15, 0.2) is 60.8 Å². The van der Waals surface area contributed by atoms with Crippen LogP contribution in [0.1, 0.15) is 6.04 Å². The molecule has 0 radical (unpaired) electrons. The summed E-state index contributed by atoms with van der Waals surface area (Å²) in [7, 11) is 1.28. The summed E-state index contributed by atoms with van der Waals surface area (Å²) in [4.78, 5) is 11.9. The molecule has 0 fully saturated rings. The van der Waals surface area contributed by atoms with Gasteiger partial charge in [-0.15, -0.1) is 5.10 Å². The molecule has 1 atom stereocenters. The lowest BCUT2D eigenvalue weighted by Crippen LogP contribution is -2.24. The number of hydrogen-bond acceptors (Lipinski definition) is 5. The number of rotatable bonds is 4. The van der Waals surface area contributed by atoms with E-state index in [1.165, 1.54) is 38.7 Å². The molecule has 0 aliphatic carbocycles. The molecule has 0 aliphatic heterocycles. The monoisotopic (exact) mass is 371 g/mol. The first kappa shape index (κ1) is 16.6. The van der Waals surface area contributed by atoms with Gasteiger partial charge in [0.2, 0.25) is 0 Å². The normalized spacial score (nSPS) is 12.8. The molecule has 28 heavy (non-hydrogen) atoms. The van der Waals surface area contributed by atoms with Crippen molar-refractivity contribution in [1.29, 1.82) is 0 Å². The second-order valence-corrected chi connectivity index (χ2v) is 6.77. The van der Waals surface area contributed by atoms with E-state index in [1.54, 1.807) is 6.20 Å². The molecule has 1 aromatic heterocycles. The molecule has 0 amide bonds. The molecule has 0 bridgehead atoms. The predicted octanol–water partition coefficient (Wildman–Crippen LogP) is 3.55. The Hall–Kier alpha value is -3.51. The van der Waals surface area contributed by atoms with E-state index in [-0.39, 0.29) is 0 Å². The summed E-state index contributed by atoms with van der Waals surface area (Å²) in [5.74, 6) is -0.561. The number of carbonyl (C=O) groups excluding carboxylic acids is 1. The fourth-order valence-corrected chi connectivity index (χ4v) is 3.91. The first-order valence-electron chi connectivity index (χ1n) is 8.98. The topological polar surface area (TPSA) is 77.2 Å². The van der Waals surface area contributed by atoms with Gasteiger partial charge in [-0.3, -0.25) is 0 Å². The number of hydrogen-bond donors (Lipinski definition) is 1. The lowest BCUT2D eigenvalue weighted by atomic mass is 9.91. The van der Waals surface area contributed by atoms with Gasteiger partial charge in [0, 0.05) is 5.56 Å². The van der Waals surface area contributed by atoms with Crippen LogP contribution in [-0.2, 0) is 9.53 Å². The minimum atomic E-state index is -0.911. The van der Waals surface area contributed by atoms with Gasteiger partial charge in [-0.25, -0.2) is 9.48 Å². The second kappa shape index (κ2) is 6.28. The molecule has 5 aromatic rings. The largest absolute Gasteiger partial charge is 0.467 e. The summed E-state index contributed by atoms with van der Waals surface area (Å²) in [6, 6.07) is 18.0. The van der Waals surface area contributed by atoms with Crippen LogP contribution in [0.3, 0.4) is 0 Å². The minimum absolute atomic E-state index is 0.409. The molecule has 4 aromatic carbocycles. The average molecular weight is 371 g/mol. The Kier molecular flexibility index (Phi) is 3.74. The Morgan fingerprint density at radius 3 is 2.43 bits per heavy atom. The van der Waals surface area contributed by atoms with E-state index in [0.29, 0.717) is 5.69 Å². The van der Waals surface area contributed by atoms with E-state index in [1.807, 2.05) is 6.07 Å². The van der Waals surface area contributed by atoms with Crippen molar-refractivity contribution < 1.29 is 14.6 Å². The van der Waals surface area contributed by atoms with Crippen LogP contribution in [0.5, 0.6) is 0 Å². The van der Waals surface area contributed by atoms with Crippen molar-refractivity contribution in [2.24, 2.45) is 0 Å². The molecular weight excluding hydrogens is 354 g/mol. The Bertz CT molecular complexity index is 1310. The van der Waals surface area contributed by atoms with Crippen molar-refractivity contribution in [2.75, 3.05) is 13.7 Å². The molecule has 1 N–H and O–H groups in total. The van der Waals surface area contributed by atoms with Crippen LogP contribution in [-0.4, -0.2) is 39.8 Å². The van der Waals surface area contributed by atoms with Gasteiger partial charge in [0.05, 0.1) is 19.9 Å². The number of aromatic nitrogens is 3. The predicted molar refractivity (Wildman–Crippen MR) is 107 cm³/mol. The van der Waals surface area contributed by atoms with E-state index in [9.17, 15) is 9.90 Å². The maximum atomic E-state index is 11.9. The van der Waals surface area contributed by atoms with E-state index in [0.717, 1.165) is 10.9 Å². The van der Waals surface area contributed by atoms with E-state index >= 15 is 0 Å². The lowest BCUT2D eigenvalue weighted by molar-refractivity contribution is -0.146. The smallest absolute Gasteiger partial charge is 0.333 e. The summed E-state index contributed by atoms with van der Waals surface area (Å²) in [5.41, 5.74) is 1.57. The van der Waals surface area contributed by atoms with Gasteiger partial charge in [0.15, 0.2) is 6.04 Å². The average Bonchev–Trinajstić information content (AvgIpc) is 3.21. The van der Waals surface area contributed by atoms with E-state index in [4.69, 9.17) is 4.74 Å². The fraction of sp³-hybridized carbons (Fsp3) is 0.136. The third-order valence-corrected chi connectivity index (χ3v) is 5.28. The fourth-order valence-electron chi connectivity index (χ4n) is 3.91. The van der Waals surface area contributed by atoms with Crippen molar-refractivity contribution >= 4 is 38.3 Å². The first-order valence-corrected chi connectivity index (χ1v) is 8.98. The third-order valence-electron chi connectivity index (χ3n) is 5.28. The van der Waals surface area contributed by atoms with Crippen LogP contribution in [0, 0.1) is 0 Å². The number of methoxy groups -OCH3 is 1. The lowest BCUT2D eigenvalue weighted by Gasteiger charge is -2.13. The van der Waals surface area contributed by atoms with Gasteiger partial charge in [-0.1, -0.05) is 59.8 Å². The van der Waals surface area contributed by atoms with Gasteiger partial charge in [-0.2, -0.15) is 0 Å². The zero-order chi connectivity index (χ0) is 19.3. The van der Waals surface area contributed by atoms with Crippen molar-refractivity contribution in [3.05, 3.63) is 60.8 Å². The summed E-state index contributed by atoms with van der Waals surface area (Å²) >= 11 is 0. The van der Waals surface area contributed by atoms with Crippen molar-refractivity contribution in [3.63, 3.8) is 0 Å². The summed E-state index contributed by atoms with van der Waals surface area (Å²) in [5, 5.41) is 24.9. The molecule has 138 valence electrons. The standard InChI is InChI=1S/C22H17N3O3/c1-28-22(27)19(12-26)25-11-18(23-24-25)16-9-7-15-6-5-13-3-2-4-14-8-10-17(16)21(15)20(13)14/h2-11,19,26H,12H2,1H3/t19-/m0/s1. The second-order valence-electron chi connectivity index (χ2n) is 6.77. The molecule has 0 saturated heterocycles. The summed E-state index contributed by atoms with van der Waals surface area (Å²) in [6.07, 6.45) is 1.67. The molecule has 0 spiro atoms. The number of aliphatic hydroxyl groups is 1. The van der Waals surface area contributed by atoms with Crippen LogP contribution >= 0.6 is 0 Å². The molecule has 0 saturated carbocycles. The van der Waals surface area contributed by atoms with Crippen LogP contribution in [0.25, 0.3) is 43.6 Å². The number of esters is 1. The Morgan fingerprint density at radius 2 is 1.71 bits per heavy atom. The number of nitrogens with zero attached hydrogens (tertiary/aromatic N) is 3. The Balaban J connectivity index is 1.73. The van der Waals surface area contributed by atoms with Gasteiger partial charge in [0.25, 0.3) is 0 Å². The number of carbonyl (C=O) groups is 1. The highest BCUT2D eigenvalue weighted by atomic mass is 16.5. The van der Waals surface area contributed by atoms with Crippen molar-refractivity contribution in [1.82, 2.24) is 15.0 Å². The third kappa shape index (κ3) is 2.35. The van der Waals surface area contributed by atoms with E-state index in [2.05, 4.69) is 58.8 Å². The highest BCUT2D eigenvalue weighted by molar-refractivity contribution is 6.25. The van der Waals surface area contributed by atoms with Gasteiger partial charge < -0.3 is 9.84 Å². The maximum absolute atomic E-state index is 11.9.